The van der Waals surface area contributed by atoms with Gasteiger partial charge < -0.3 is 16.0 Å². The second kappa shape index (κ2) is 7.39. The Morgan fingerprint density at radius 1 is 1.17 bits per heavy atom. The summed E-state index contributed by atoms with van der Waals surface area (Å²) >= 11 is 0. The molecule has 0 aromatic heterocycles. The van der Waals surface area contributed by atoms with Crippen molar-refractivity contribution < 1.29 is 14.0 Å². The molecule has 0 heterocycles. The normalized spacial score (nSPS) is 9.89. The summed E-state index contributed by atoms with van der Waals surface area (Å²) < 4.78 is 12.6. The lowest BCUT2D eigenvalue weighted by Gasteiger charge is -2.06. The van der Waals surface area contributed by atoms with E-state index in [1.807, 2.05) is 0 Å². The Kier molecular flexibility index (Phi) is 5.79. The van der Waals surface area contributed by atoms with Crippen molar-refractivity contribution in [2.75, 3.05) is 25.5 Å². The maximum atomic E-state index is 12.6. The number of hydrogen-bond acceptors (Lipinski definition) is 3. The lowest BCUT2D eigenvalue weighted by atomic mass is 10.3. The van der Waals surface area contributed by atoms with E-state index in [0.29, 0.717) is 18.7 Å². The van der Waals surface area contributed by atoms with Crippen molar-refractivity contribution in [2.45, 2.75) is 6.42 Å². The summed E-state index contributed by atoms with van der Waals surface area (Å²) in [5, 5.41) is 7.92. The fourth-order valence-electron chi connectivity index (χ4n) is 1.27. The fourth-order valence-corrected chi connectivity index (χ4v) is 1.27. The van der Waals surface area contributed by atoms with Crippen LogP contribution in [0.25, 0.3) is 0 Å². The number of anilines is 1. The SMILES string of the molecule is CNC(=O)CCNCC(=O)Nc1ccc(F)cc1. The van der Waals surface area contributed by atoms with Gasteiger partial charge in [0, 0.05) is 25.7 Å². The van der Waals surface area contributed by atoms with Crippen molar-refractivity contribution in [3.63, 3.8) is 0 Å². The van der Waals surface area contributed by atoms with Crippen LogP contribution in [0.15, 0.2) is 24.3 Å². The topological polar surface area (TPSA) is 70.2 Å². The minimum absolute atomic E-state index is 0.0820. The Balaban J connectivity index is 2.21. The van der Waals surface area contributed by atoms with E-state index in [1.54, 1.807) is 7.05 Å². The number of carbonyl (C=O) groups is 2. The number of benzene rings is 1. The number of hydrogen-bond donors (Lipinski definition) is 3. The number of halogens is 1. The molecule has 0 radical (unpaired) electrons. The molecule has 98 valence electrons. The van der Waals surface area contributed by atoms with Gasteiger partial charge in [0.1, 0.15) is 5.82 Å². The second-order valence-electron chi connectivity index (χ2n) is 3.66. The fraction of sp³-hybridized carbons (Fsp3) is 0.333. The van der Waals surface area contributed by atoms with Crippen molar-refractivity contribution in [2.24, 2.45) is 0 Å². The third kappa shape index (κ3) is 5.40. The van der Waals surface area contributed by atoms with Gasteiger partial charge >= 0.3 is 0 Å². The zero-order valence-electron chi connectivity index (χ0n) is 10.1. The molecule has 0 aliphatic carbocycles. The maximum Gasteiger partial charge on any atom is 0.238 e. The minimum atomic E-state index is -0.350. The van der Waals surface area contributed by atoms with Gasteiger partial charge in [0.05, 0.1) is 6.54 Å². The molecule has 0 unspecified atom stereocenters. The molecule has 0 aliphatic rings. The summed E-state index contributed by atoms with van der Waals surface area (Å²) in [5.41, 5.74) is 0.537. The van der Waals surface area contributed by atoms with E-state index in [4.69, 9.17) is 0 Å². The van der Waals surface area contributed by atoms with Crippen LogP contribution in [0.3, 0.4) is 0 Å². The monoisotopic (exact) mass is 253 g/mol. The molecule has 0 atom stereocenters. The smallest absolute Gasteiger partial charge is 0.238 e. The Labute approximate surface area is 105 Å². The van der Waals surface area contributed by atoms with Crippen LogP contribution in [0.1, 0.15) is 6.42 Å². The quantitative estimate of drug-likeness (QED) is 0.646. The summed E-state index contributed by atoms with van der Waals surface area (Å²) in [6, 6.07) is 5.51. The lowest BCUT2D eigenvalue weighted by molar-refractivity contribution is -0.121. The van der Waals surface area contributed by atoms with Crippen LogP contribution >= 0.6 is 0 Å². The van der Waals surface area contributed by atoms with Gasteiger partial charge in [-0.3, -0.25) is 9.59 Å². The molecule has 0 fully saturated rings. The second-order valence-corrected chi connectivity index (χ2v) is 3.66. The van der Waals surface area contributed by atoms with E-state index in [9.17, 15) is 14.0 Å². The van der Waals surface area contributed by atoms with Crippen LogP contribution in [-0.4, -0.2) is 32.0 Å². The molecule has 1 aromatic rings. The Morgan fingerprint density at radius 3 is 2.44 bits per heavy atom. The summed E-state index contributed by atoms with van der Waals surface area (Å²) in [7, 11) is 1.56. The molecule has 0 bridgehead atoms. The maximum absolute atomic E-state index is 12.6. The summed E-state index contributed by atoms with van der Waals surface area (Å²) in [6.07, 6.45) is 0.320. The highest BCUT2D eigenvalue weighted by molar-refractivity contribution is 5.92. The Bertz CT molecular complexity index is 406. The van der Waals surface area contributed by atoms with Crippen molar-refractivity contribution in [1.82, 2.24) is 10.6 Å². The van der Waals surface area contributed by atoms with Gasteiger partial charge in [-0.2, -0.15) is 0 Å². The molecular formula is C12H16FN3O2. The molecular weight excluding hydrogens is 237 g/mol. The highest BCUT2D eigenvalue weighted by Crippen LogP contribution is 2.07. The van der Waals surface area contributed by atoms with Gasteiger partial charge in [-0.15, -0.1) is 0 Å². The van der Waals surface area contributed by atoms with E-state index in [1.165, 1.54) is 24.3 Å². The predicted octanol–water partition coefficient (Wildman–Crippen LogP) is 0.490. The van der Waals surface area contributed by atoms with Crippen LogP contribution in [0.4, 0.5) is 10.1 Å². The zero-order valence-corrected chi connectivity index (χ0v) is 10.1. The first-order valence-electron chi connectivity index (χ1n) is 5.58. The number of carbonyl (C=O) groups excluding carboxylic acids is 2. The Morgan fingerprint density at radius 2 is 1.83 bits per heavy atom. The molecule has 5 nitrogen and oxygen atoms in total. The van der Waals surface area contributed by atoms with E-state index in [2.05, 4.69) is 16.0 Å². The number of rotatable bonds is 6. The van der Waals surface area contributed by atoms with Gasteiger partial charge in [0.25, 0.3) is 0 Å². The van der Waals surface area contributed by atoms with Crippen LogP contribution in [0.2, 0.25) is 0 Å². The summed E-state index contributed by atoms with van der Waals surface area (Å²) in [5.74, 6) is -0.670. The summed E-state index contributed by atoms with van der Waals surface area (Å²) in [4.78, 5) is 22.3. The standard InChI is InChI=1S/C12H16FN3O2/c1-14-11(17)6-7-15-8-12(18)16-10-4-2-9(13)3-5-10/h2-5,15H,6-8H2,1H3,(H,14,17)(H,16,18). The van der Waals surface area contributed by atoms with Gasteiger partial charge in [-0.1, -0.05) is 0 Å². The lowest BCUT2D eigenvalue weighted by Crippen LogP contribution is -2.31. The van der Waals surface area contributed by atoms with Crippen LogP contribution in [0.5, 0.6) is 0 Å². The van der Waals surface area contributed by atoms with Gasteiger partial charge in [-0.25, -0.2) is 4.39 Å². The molecule has 0 saturated carbocycles. The largest absolute Gasteiger partial charge is 0.359 e. The third-order valence-corrected chi connectivity index (χ3v) is 2.22. The number of nitrogens with one attached hydrogen (secondary N) is 3. The van der Waals surface area contributed by atoms with E-state index in [0.717, 1.165) is 0 Å². The van der Waals surface area contributed by atoms with E-state index in [-0.39, 0.29) is 24.2 Å². The molecule has 6 heteroatoms. The highest BCUT2D eigenvalue weighted by atomic mass is 19.1. The Hall–Kier alpha value is -1.95. The molecule has 0 aliphatic heterocycles. The van der Waals surface area contributed by atoms with Crippen molar-refractivity contribution >= 4 is 17.5 Å². The molecule has 2 amide bonds. The van der Waals surface area contributed by atoms with Crippen molar-refractivity contribution in [3.05, 3.63) is 30.1 Å². The molecule has 1 aromatic carbocycles. The van der Waals surface area contributed by atoms with Gasteiger partial charge in [0.2, 0.25) is 11.8 Å². The van der Waals surface area contributed by atoms with Crippen molar-refractivity contribution in [1.29, 1.82) is 0 Å². The first-order valence-corrected chi connectivity index (χ1v) is 5.58. The molecule has 0 spiro atoms. The molecule has 1 rings (SSSR count). The third-order valence-electron chi connectivity index (χ3n) is 2.22. The predicted molar refractivity (Wildman–Crippen MR) is 66.6 cm³/mol. The molecule has 18 heavy (non-hydrogen) atoms. The zero-order chi connectivity index (χ0) is 13.4. The number of amides is 2. The van der Waals surface area contributed by atoms with Gasteiger partial charge in [0.15, 0.2) is 0 Å². The van der Waals surface area contributed by atoms with E-state index >= 15 is 0 Å². The highest BCUT2D eigenvalue weighted by Gasteiger charge is 2.02. The van der Waals surface area contributed by atoms with Crippen molar-refractivity contribution in [3.8, 4) is 0 Å². The van der Waals surface area contributed by atoms with Gasteiger partial charge in [-0.05, 0) is 24.3 Å². The first-order chi connectivity index (χ1) is 8.61. The van der Waals surface area contributed by atoms with Crippen LogP contribution in [0, 0.1) is 5.82 Å². The molecule has 3 N–H and O–H groups in total. The average Bonchev–Trinajstić information content (AvgIpc) is 2.37. The van der Waals surface area contributed by atoms with E-state index < -0.39 is 0 Å². The van der Waals surface area contributed by atoms with Crippen LogP contribution < -0.4 is 16.0 Å². The summed E-state index contributed by atoms with van der Waals surface area (Å²) in [6.45, 7) is 0.533. The average molecular weight is 253 g/mol. The first kappa shape index (κ1) is 14.1. The molecule has 0 saturated heterocycles. The minimum Gasteiger partial charge on any atom is -0.359 e. The van der Waals surface area contributed by atoms with Crippen LogP contribution in [-0.2, 0) is 9.59 Å².